The summed E-state index contributed by atoms with van der Waals surface area (Å²) in [5, 5.41) is 0. The monoisotopic (exact) mass is 286 g/mol. The van der Waals surface area contributed by atoms with Gasteiger partial charge in [0.2, 0.25) is 0 Å². The van der Waals surface area contributed by atoms with Crippen molar-refractivity contribution in [3.8, 4) is 0 Å². The first-order valence-corrected chi connectivity index (χ1v) is 8.31. The van der Waals surface area contributed by atoms with Crippen LogP contribution < -0.4 is 0 Å². The number of hydrogen-bond acceptors (Lipinski definition) is 4. The first kappa shape index (κ1) is 8.86. The van der Waals surface area contributed by atoms with Crippen molar-refractivity contribution in [1.82, 2.24) is 0 Å². The molecule has 0 unspecified atom stereocenters. The molecule has 8 heteroatoms. The minimum absolute atomic E-state index is 1.94. The summed E-state index contributed by atoms with van der Waals surface area (Å²) in [7, 11) is -8.28. The van der Waals surface area contributed by atoms with Crippen molar-refractivity contribution < 1.29 is 16.8 Å². The van der Waals surface area contributed by atoms with Crippen LogP contribution in [0, 0.1) is 0 Å². The smallest absolute Gasteiger partial charge is 0.200 e. The lowest BCUT2D eigenvalue weighted by molar-refractivity contribution is 0.600. The van der Waals surface area contributed by atoms with Crippen LogP contribution >= 0.6 is 29.6 Å². The van der Waals surface area contributed by atoms with E-state index in [4.69, 9.17) is 0 Å². The summed E-state index contributed by atoms with van der Waals surface area (Å²) < 4.78 is 39.7. The van der Waals surface area contributed by atoms with E-state index in [2.05, 4.69) is 0 Å². The summed E-state index contributed by atoms with van der Waals surface area (Å²) in [5.41, 5.74) is 0. The van der Waals surface area contributed by atoms with Crippen LogP contribution in [0.1, 0.15) is 0 Å². The molecule has 0 heterocycles. The molecule has 0 aliphatic heterocycles. The van der Waals surface area contributed by atoms with Crippen molar-refractivity contribution in [3.05, 3.63) is 0 Å². The van der Waals surface area contributed by atoms with Gasteiger partial charge in [-0.3, -0.25) is 0 Å². The minimum atomic E-state index is -4.14. The molecule has 0 bridgehead atoms. The van der Waals surface area contributed by atoms with E-state index in [0.29, 0.717) is 0 Å². The van der Waals surface area contributed by atoms with Gasteiger partial charge in [-0.25, -0.2) is 0 Å². The molecule has 4 nitrogen and oxygen atoms in total. The summed E-state index contributed by atoms with van der Waals surface area (Å²) in [5.74, 6) is 0. The van der Waals surface area contributed by atoms with E-state index in [0.717, 1.165) is 0 Å². The first-order chi connectivity index (χ1) is 3.25. The maximum absolute atomic E-state index is 9.93. The quantitative estimate of drug-likeness (QED) is 0.516. The Morgan fingerprint density at radius 2 is 0.875 bits per heavy atom. The molecular weight excluding hydrogens is 288 g/mol. The SMILES string of the molecule is O=S(=O)(Br)S(=O)(=O)Br. The van der Waals surface area contributed by atoms with E-state index in [9.17, 15) is 16.8 Å². The molecule has 0 aliphatic rings. The molecular formula is Br2O4S2. The molecule has 0 amide bonds. The zero-order chi connectivity index (χ0) is 7.00. The van der Waals surface area contributed by atoms with Gasteiger partial charge in [-0.1, -0.05) is 0 Å². The number of halogens is 2. The third-order valence-electron chi connectivity index (χ3n) is 0.238. The average Bonchev–Trinajstić information content (AvgIpc) is 1.25. The van der Waals surface area contributed by atoms with Crippen LogP contribution in [0.15, 0.2) is 0 Å². The lowest BCUT2D eigenvalue weighted by Crippen LogP contribution is -1.97. The van der Waals surface area contributed by atoms with E-state index in [1.807, 2.05) is 29.6 Å². The number of rotatable bonds is 1. The Balaban J connectivity index is 5.18. The summed E-state index contributed by atoms with van der Waals surface area (Å²) in [6, 6.07) is 0. The van der Waals surface area contributed by atoms with Crippen molar-refractivity contribution >= 4 is 44.2 Å². The Labute approximate surface area is 60.9 Å². The predicted molar refractivity (Wildman–Crippen MR) is 35.7 cm³/mol. The Bertz CT molecular complexity index is 224. The topological polar surface area (TPSA) is 68.3 Å². The predicted octanol–water partition coefficient (Wildman–Crippen LogP) is 0.351. The highest BCUT2D eigenvalue weighted by Crippen LogP contribution is 2.16. The van der Waals surface area contributed by atoms with Crippen LogP contribution in [-0.2, 0) is 14.6 Å². The molecule has 0 fully saturated rings. The third kappa shape index (κ3) is 2.42. The Kier molecular flexibility index (Phi) is 2.48. The molecule has 0 saturated heterocycles. The second-order valence-corrected chi connectivity index (χ2v) is 12.7. The largest absolute Gasteiger partial charge is 0.322 e. The van der Waals surface area contributed by atoms with E-state index >= 15 is 0 Å². The van der Waals surface area contributed by atoms with Gasteiger partial charge in [0, 0.05) is 0 Å². The second-order valence-electron chi connectivity index (χ2n) is 0.786. The van der Waals surface area contributed by atoms with Crippen LogP contribution in [-0.4, -0.2) is 16.8 Å². The molecule has 8 heavy (non-hydrogen) atoms. The van der Waals surface area contributed by atoms with Crippen LogP contribution in [0.5, 0.6) is 0 Å². The normalized spacial score (nSPS) is 13.8. The van der Waals surface area contributed by atoms with Crippen LogP contribution in [0.25, 0.3) is 0 Å². The molecule has 0 N–H and O–H groups in total. The standard InChI is InChI=1S/Br2O4S2/c1-7(3,4)8(2,5)6. The highest BCUT2D eigenvalue weighted by molar-refractivity contribution is 9.73. The fraction of sp³-hybridized carbons (Fsp3) is 0. The van der Waals surface area contributed by atoms with E-state index < -0.39 is 14.6 Å². The zero-order valence-corrected chi connectivity index (χ0v) is 8.01. The average molecular weight is 288 g/mol. The van der Waals surface area contributed by atoms with Gasteiger partial charge in [-0.2, -0.15) is 16.8 Å². The molecule has 50 valence electrons. The van der Waals surface area contributed by atoms with Crippen molar-refractivity contribution in [2.45, 2.75) is 0 Å². The molecule has 0 aliphatic carbocycles. The van der Waals surface area contributed by atoms with Gasteiger partial charge in [-0.05, 0) is 0 Å². The highest BCUT2D eigenvalue weighted by atomic mass is 79.9. The Morgan fingerprint density at radius 3 is 0.875 bits per heavy atom. The van der Waals surface area contributed by atoms with Crippen LogP contribution in [0.2, 0.25) is 0 Å². The van der Waals surface area contributed by atoms with E-state index in [1.165, 1.54) is 0 Å². The van der Waals surface area contributed by atoms with Crippen molar-refractivity contribution in [1.29, 1.82) is 0 Å². The summed E-state index contributed by atoms with van der Waals surface area (Å²) >= 11 is 3.87. The molecule has 0 atom stereocenters. The summed E-state index contributed by atoms with van der Waals surface area (Å²) in [4.78, 5) is 0. The molecule has 0 rings (SSSR count). The summed E-state index contributed by atoms with van der Waals surface area (Å²) in [6.45, 7) is 0. The third-order valence-corrected chi connectivity index (χ3v) is 11.6. The van der Waals surface area contributed by atoms with Gasteiger partial charge in [0.1, 0.15) is 0 Å². The van der Waals surface area contributed by atoms with Gasteiger partial charge in [-0.15, -0.1) is 0 Å². The first-order valence-electron chi connectivity index (χ1n) is 1.14. The van der Waals surface area contributed by atoms with Crippen molar-refractivity contribution in [3.63, 3.8) is 0 Å². The zero-order valence-electron chi connectivity index (χ0n) is 3.21. The van der Waals surface area contributed by atoms with E-state index in [-0.39, 0.29) is 0 Å². The fourth-order valence-corrected chi connectivity index (χ4v) is 0. The van der Waals surface area contributed by atoms with Gasteiger partial charge in [0.05, 0.1) is 29.6 Å². The van der Waals surface area contributed by atoms with Crippen molar-refractivity contribution in [2.24, 2.45) is 0 Å². The molecule has 0 aromatic rings. The van der Waals surface area contributed by atoms with Gasteiger partial charge < -0.3 is 0 Å². The Hall–Kier alpha value is 0.860. The Morgan fingerprint density at radius 1 is 0.750 bits per heavy atom. The van der Waals surface area contributed by atoms with Crippen molar-refractivity contribution in [2.75, 3.05) is 0 Å². The van der Waals surface area contributed by atoms with Gasteiger partial charge in [0.25, 0.3) is 0 Å². The lowest BCUT2D eigenvalue weighted by Gasteiger charge is -1.82. The van der Waals surface area contributed by atoms with Gasteiger partial charge >= 0.3 is 14.6 Å². The molecule has 0 saturated carbocycles. The minimum Gasteiger partial charge on any atom is -0.200 e. The van der Waals surface area contributed by atoms with Crippen LogP contribution in [0.4, 0.5) is 0 Å². The maximum Gasteiger partial charge on any atom is 0.322 e. The highest BCUT2D eigenvalue weighted by Gasteiger charge is 2.21. The molecule has 0 spiro atoms. The number of hydrogen-bond donors (Lipinski definition) is 0. The van der Waals surface area contributed by atoms with Crippen LogP contribution in [0.3, 0.4) is 0 Å². The summed E-state index contributed by atoms with van der Waals surface area (Å²) in [6.07, 6.45) is 0. The lowest BCUT2D eigenvalue weighted by atomic mass is 15.9. The molecule has 0 aromatic carbocycles. The second kappa shape index (κ2) is 2.24. The van der Waals surface area contributed by atoms with E-state index in [1.54, 1.807) is 0 Å². The van der Waals surface area contributed by atoms with Gasteiger partial charge in [0.15, 0.2) is 0 Å². The fourth-order valence-electron chi connectivity index (χ4n) is 0. The molecule has 0 aromatic heterocycles. The maximum atomic E-state index is 9.93. The molecule has 0 radical (unpaired) electrons.